The first-order valence-corrected chi connectivity index (χ1v) is 4.50. The van der Waals surface area contributed by atoms with Gasteiger partial charge in [-0.15, -0.1) is 0 Å². The molecule has 1 aromatic rings. The van der Waals surface area contributed by atoms with E-state index >= 15 is 0 Å². The second kappa shape index (κ2) is 5.03. The van der Waals surface area contributed by atoms with Crippen LogP contribution in [0.4, 0.5) is 23.2 Å². The number of hydrogen-bond acceptors (Lipinski definition) is 3. The first-order valence-electron chi connectivity index (χ1n) is 4.50. The fourth-order valence-electron chi connectivity index (χ4n) is 1.27. The van der Waals surface area contributed by atoms with Crippen LogP contribution in [0.15, 0.2) is 12.1 Å². The predicted molar refractivity (Wildman–Crippen MR) is 52.4 cm³/mol. The SMILES string of the molecule is CC(=O)c1cc(C(F)F)c(N)cc1OC(F)F. The highest BCUT2D eigenvalue weighted by Crippen LogP contribution is 2.32. The number of ketones is 1. The van der Waals surface area contributed by atoms with Gasteiger partial charge in [0.1, 0.15) is 5.75 Å². The van der Waals surface area contributed by atoms with Crippen LogP contribution in [0.2, 0.25) is 0 Å². The van der Waals surface area contributed by atoms with Gasteiger partial charge in [0.25, 0.3) is 6.43 Å². The first-order chi connectivity index (χ1) is 7.82. The van der Waals surface area contributed by atoms with E-state index in [-0.39, 0.29) is 5.56 Å². The van der Waals surface area contributed by atoms with Crippen LogP contribution in [0.1, 0.15) is 29.3 Å². The monoisotopic (exact) mass is 251 g/mol. The molecule has 0 fully saturated rings. The maximum Gasteiger partial charge on any atom is 0.387 e. The van der Waals surface area contributed by atoms with Crippen LogP contribution in [0, 0.1) is 0 Å². The molecule has 0 atom stereocenters. The highest BCUT2D eigenvalue weighted by Gasteiger charge is 2.19. The Hall–Kier alpha value is -1.79. The molecule has 0 aliphatic heterocycles. The second-order valence-corrected chi connectivity index (χ2v) is 3.21. The van der Waals surface area contributed by atoms with Crippen LogP contribution in [0.25, 0.3) is 0 Å². The van der Waals surface area contributed by atoms with Gasteiger partial charge in [-0.25, -0.2) is 8.78 Å². The van der Waals surface area contributed by atoms with Crippen LogP contribution in [-0.2, 0) is 0 Å². The topological polar surface area (TPSA) is 52.3 Å². The van der Waals surface area contributed by atoms with Gasteiger partial charge in [0.05, 0.1) is 5.56 Å². The van der Waals surface area contributed by atoms with E-state index in [0.29, 0.717) is 0 Å². The third-order valence-corrected chi connectivity index (χ3v) is 2.02. The van der Waals surface area contributed by atoms with Gasteiger partial charge in [-0.2, -0.15) is 8.78 Å². The lowest BCUT2D eigenvalue weighted by molar-refractivity contribution is -0.0501. The average Bonchev–Trinajstić information content (AvgIpc) is 2.15. The number of carbonyl (C=O) groups excluding carboxylic acids is 1. The van der Waals surface area contributed by atoms with E-state index in [1.807, 2.05) is 0 Å². The number of carbonyl (C=O) groups is 1. The van der Waals surface area contributed by atoms with Gasteiger partial charge in [-0.3, -0.25) is 4.79 Å². The summed E-state index contributed by atoms with van der Waals surface area (Å²) in [5.74, 6) is -1.17. The molecule has 0 unspecified atom stereocenters. The van der Waals surface area contributed by atoms with Gasteiger partial charge < -0.3 is 10.5 Å². The van der Waals surface area contributed by atoms with Crippen molar-refractivity contribution >= 4 is 11.5 Å². The van der Waals surface area contributed by atoms with Crippen LogP contribution in [-0.4, -0.2) is 12.4 Å². The smallest absolute Gasteiger partial charge is 0.387 e. The number of Topliss-reactive ketones (excluding diaryl/α,β-unsaturated/α-hetero) is 1. The van der Waals surface area contributed by atoms with E-state index in [9.17, 15) is 22.4 Å². The van der Waals surface area contributed by atoms with Crippen molar-refractivity contribution in [1.82, 2.24) is 0 Å². The van der Waals surface area contributed by atoms with Gasteiger partial charge in [0.2, 0.25) is 0 Å². The Bertz CT molecular complexity index is 435. The maximum atomic E-state index is 12.5. The van der Waals surface area contributed by atoms with E-state index < -0.39 is 35.8 Å². The zero-order valence-electron chi connectivity index (χ0n) is 8.72. The van der Waals surface area contributed by atoms with Crippen molar-refractivity contribution in [3.05, 3.63) is 23.3 Å². The quantitative estimate of drug-likeness (QED) is 0.508. The lowest BCUT2D eigenvalue weighted by atomic mass is 10.0. The van der Waals surface area contributed by atoms with E-state index in [0.717, 1.165) is 19.1 Å². The molecule has 0 radical (unpaired) electrons. The first kappa shape index (κ1) is 13.3. The Kier molecular flexibility index (Phi) is 3.93. The summed E-state index contributed by atoms with van der Waals surface area (Å²) >= 11 is 0. The number of nitrogen functional groups attached to an aromatic ring is 1. The number of halogens is 4. The average molecular weight is 251 g/mol. The third kappa shape index (κ3) is 3.08. The van der Waals surface area contributed by atoms with Gasteiger partial charge in [-0.05, 0) is 13.0 Å². The Morgan fingerprint density at radius 2 is 1.88 bits per heavy atom. The van der Waals surface area contributed by atoms with Crippen LogP contribution in [0.3, 0.4) is 0 Å². The molecular formula is C10H9F4NO2. The Morgan fingerprint density at radius 3 is 2.29 bits per heavy atom. The lowest BCUT2D eigenvalue weighted by Gasteiger charge is -2.12. The number of hydrogen-bond donors (Lipinski definition) is 1. The Balaban J connectivity index is 3.30. The molecule has 0 saturated heterocycles. The molecule has 2 N–H and O–H groups in total. The summed E-state index contributed by atoms with van der Waals surface area (Å²) < 4.78 is 53.1. The summed E-state index contributed by atoms with van der Waals surface area (Å²) in [5.41, 5.74) is 3.91. The highest BCUT2D eigenvalue weighted by atomic mass is 19.3. The Morgan fingerprint density at radius 1 is 1.29 bits per heavy atom. The maximum absolute atomic E-state index is 12.5. The molecule has 7 heteroatoms. The molecule has 17 heavy (non-hydrogen) atoms. The lowest BCUT2D eigenvalue weighted by Crippen LogP contribution is -2.08. The van der Waals surface area contributed by atoms with Crippen molar-refractivity contribution in [2.24, 2.45) is 0 Å². The Labute approximate surface area is 94.2 Å². The minimum atomic E-state index is -3.16. The van der Waals surface area contributed by atoms with E-state index in [2.05, 4.69) is 4.74 Å². The van der Waals surface area contributed by atoms with Crippen molar-refractivity contribution in [3.63, 3.8) is 0 Å². The van der Waals surface area contributed by atoms with Gasteiger partial charge in [-0.1, -0.05) is 0 Å². The third-order valence-electron chi connectivity index (χ3n) is 2.02. The summed E-state index contributed by atoms with van der Waals surface area (Å²) in [6.07, 6.45) is -2.89. The number of benzene rings is 1. The molecule has 3 nitrogen and oxygen atoms in total. The largest absolute Gasteiger partial charge is 0.434 e. The summed E-state index contributed by atoms with van der Waals surface area (Å²) in [7, 11) is 0. The standard InChI is InChI=1S/C10H9F4NO2/c1-4(16)5-2-6(9(11)12)7(15)3-8(5)17-10(13)14/h2-3,9-10H,15H2,1H3. The van der Waals surface area contributed by atoms with Crippen molar-refractivity contribution < 1.29 is 27.1 Å². The van der Waals surface area contributed by atoms with Gasteiger partial charge >= 0.3 is 6.61 Å². The van der Waals surface area contributed by atoms with Gasteiger partial charge in [0, 0.05) is 17.3 Å². The number of nitrogens with two attached hydrogens (primary N) is 1. The number of alkyl halides is 4. The van der Waals surface area contributed by atoms with E-state index in [4.69, 9.17) is 5.73 Å². The molecule has 94 valence electrons. The fraction of sp³-hybridized carbons (Fsp3) is 0.300. The summed E-state index contributed by atoms with van der Waals surface area (Å²) in [6.45, 7) is -2.11. The van der Waals surface area contributed by atoms with E-state index in [1.54, 1.807) is 0 Å². The molecule has 0 heterocycles. The number of rotatable bonds is 4. The van der Waals surface area contributed by atoms with Crippen molar-refractivity contribution in [2.45, 2.75) is 20.0 Å². The number of anilines is 1. The molecule has 0 bridgehead atoms. The summed E-state index contributed by atoms with van der Waals surface area (Å²) in [6, 6.07) is 1.56. The number of ether oxygens (including phenoxy) is 1. The van der Waals surface area contributed by atoms with Crippen LogP contribution < -0.4 is 10.5 Å². The highest BCUT2D eigenvalue weighted by molar-refractivity contribution is 5.97. The molecule has 0 spiro atoms. The van der Waals surface area contributed by atoms with Crippen molar-refractivity contribution in [3.8, 4) is 5.75 Å². The van der Waals surface area contributed by atoms with Crippen LogP contribution in [0.5, 0.6) is 5.75 Å². The molecule has 1 rings (SSSR count). The molecule has 0 aromatic heterocycles. The zero-order valence-corrected chi connectivity index (χ0v) is 8.72. The van der Waals surface area contributed by atoms with Crippen LogP contribution >= 0.6 is 0 Å². The second-order valence-electron chi connectivity index (χ2n) is 3.21. The molecular weight excluding hydrogens is 242 g/mol. The minimum absolute atomic E-state index is 0.352. The summed E-state index contributed by atoms with van der Waals surface area (Å²) in [4.78, 5) is 11.1. The molecule has 0 aliphatic rings. The fourth-order valence-corrected chi connectivity index (χ4v) is 1.27. The summed E-state index contributed by atoms with van der Waals surface area (Å²) in [5, 5.41) is 0. The predicted octanol–water partition coefficient (Wildman–Crippen LogP) is 3.01. The molecule has 1 aromatic carbocycles. The normalized spacial score (nSPS) is 11.0. The molecule has 0 aliphatic carbocycles. The minimum Gasteiger partial charge on any atom is -0.434 e. The van der Waals surface area contributed by atoms with E-state index in [1.165, 1.54) is 0 Å². The van der Waals surface area contributed by atoms with Crippen molar-refractivity contribution in [2.75, 3.05) is 5.73 Å². The molecule has 0 saturated carbocycles. The van der Waals surface area contributed by atoms with Crippen molar-refractivity contribution in [1.29, 1.82) is 0 Å². The zero-order chi connectivity index (χ0) is 13.2. The van der Waals surface area contributed by atoms with Gasteiger partial charge in [0.15, 0.2) is 5.78 Å². The molecule has 0 amide bonds.